The van der Waals surface area contributed by atoms with Gasteiger partial charge in [0.1, 0.15) is 17.7 Å². The minimum atomic E-state index is -0.280. The summed E-state index contributed by atoms with van der Waals surface area (Å²) < 4.78 is 19.4. The van der Waals surface area contributed by atoms with Gasteiger partial charge in [0.15, 0.2) is 0 Å². The third-order valence-corrected chi connectivity index (χ3v) is 3.24. The number of hydrogen-bond donors (Lipinski definition) is 1. The Morgan fingerprint density at radius 3 is 2.76 bits per heavy atom. The third-order valence-electron chi connectivity index (χ3n) is 3.24. The van der Waals surface area contributed by atoms with Crippen LogP contribution in [0, 0.1) is 5.82 Å². The number of nitrogens with zero attached hydrogens (tertiary/aromatic N) is 1. The Morgan fingerprint density at radius 2 is 2.12 bits per heavy atom. The summed E-state index contributed by atoms with van der Waals surface area (Å²) in [5, 5.41) is 0. The lowest BCUT2D eigenvalue weighted by Crippen LogP contribution is -2.35. The number of nitrogens with two attached hydrogens (primary N) is 1. The molecule has 1 fully saturated rings. The molecule has 1 saturated heterocycles. The van der Waals surface area contributed by atoms with Crippen LogP contribution in [0.15, 0.2) is 18.2 Å². The molecule has 1 aliphatic heterocycles. The van der Waals surface area contributed by atoms with Gasteiger partial charge in [-0.05, 0) is 32.0 Å². The maximum absolute atomic E-state index is 13.5. The fourth-order valence-corrected chi connectivity index (χ4v) is 2.13. The Kier molecular flexibility index (Phi) is 3.97. The van der Waals surface area contributed by atoms with Crippen LogP contribution in [-0.2, 0) is 6.54 Å². The number of benzene rings is 1. The van der Waals surface area contributed by atoms with E-state index in [1.165, 1.54) is 6.07 Å². The van der Waals surface area contributed by atoms with Gasteiger partial charge >= 0.3 is 0 Å². The first-order valence-corrected chi connectivity index (χ1v) is 6.03. The van der Waals surface area contributed by atoms with E-state index in [0.29, 0.717) is 11.3 Å². The average molecular weight is 238 g/mol. The molecule has 0 bridgehead atoms. The van der Waals surface area contributed by atoms with Crippen LogP contribution in [0.4, 0.5) is 4.39 Å². The normalized spacial score (nSPS) is 18.3. The zero-order valence-corrected chi connectivity index (χ0v) is 10.2. The molecule has 1 aliphatic rings. The number of piperidine rings is 1. The van der Waals surface area contributed by atoms with Crippen LogP contribution >= 0.6 is 0 Å². The maximum atomic E-state index is 13.5. The molecule has 94 valence electrons. The number of ether oxygens (including phenoxy) is 1. The Balaban J connectivity index is 2.05. The van der Waals surface area contributed by atoms with Gasteiger partial charge in [-0.25, -0.2) is 4.39 Å². The molecule has 2 rings (SSSR count). The van der Waals surface area contributed by atoms with Crippen LogP contribution in [-0.4, -0.2) is 31.1 Å². The zero-order chi connectivity index (χ0) is 12.3. The van der Waals surface area contributed by atoms with Crippen molar-refractivity contribution in [3.8, 4) is 5.75 Å². The molecule has 1 aromatic carbocycles. The van der Waals surface area contributed by atoms with E-state index in [-0.39, 0.29) is 18.5 Å². The van der Waals surface area contributed by atoms with Gasteiger partial charge < -0.3 is 15.4 Å². The van der Waals surface area contributed by atoms with Gasteiger partial charge in [0.2, 0.25) is 0 Å². The summed E-state index contributed by atoms with van der Waals surface area (Å²) in [4.78, 5) is 2.27. The van der Waals surface area contributed by atoms with Crippen LogP contribution in [0.2, 0.25) is 0 Å². The highest BCUT2D eigenvalue weighted by atomic mass is 19.1. The molecular weight excluding hydrogens is 219 g/mol. The van der Waals surface area contributed by atoms with Crippen molar-refractivity contribution in [1.29, 1.82) is 0 Å². The summed E-state index contributed by atoms with van der Waals surface area (Å²) in [7, 11) is 2.10. The predicted molar refractivity (Wildman–Crippen MR) is 65.4 cm³/mol. The van der Waals surface area contributed by atoms with Crippen LogP contribution < -0.4 is 10.5 Å². The fourth-order valence-electron chi connectivity index (χ4n) is 2.13. The minimum absolute atomic E-state index is 0.175. The highest BCUT2D eigenvalue weighted by molar-refractivity contribution is 5.34. The van der Waals surface area contributed by atoms with Crippen molar-refractivity contribution in [3.05, 3.63) is 29.6 Å². The molecule has 0 atom stereocenters. The van der Waals surface area contributed by atoms with Gasteiger partial charge in [-0.15, -0.1) is 0 Å². The van der Waals surface area contributed by atoms with Crippen molar-refractivity contribution >= 4 is 0 Å². The van der Waals surface area contributed by atoms with Crippen LogP contribution in [0.5, 0.6) is 5.75 Å². The van der Waals surface area contributed by atoms with E-state index in [1.807, 2.05) is 0 Å². The lowest BCUT2D eigenvalue weighted by Gasteiger charge is -2.29. The van der Waals surface area contributed by atoms with Gasteiger partial charge in [-0.2, -0.15) is 0 Å². The first kappa shape index (κ1) is 12.3. The molecule has 0 aliphatic carbocycles. The second-order valence-corrected chi connectivity index (χ2v) is 4.54. The fraction of sp³-hybridized carbons (Fsp3) is 0.538. The van der Waals surface area contributed by atoms with Crippen molar-refractivity contribution in [2.24, 2.45) is 5.73 Å². The van der Waals surface area contributed by atoms with Crippen LogP contribution in [0.25, 0.3) is 0 Å². The lowest BCUT2D eigenvalue weighted by molar-refractivity contribution is 0.113. The number of halogens is 1. The topological polar surface area (TPSA) is 38.5 Å². The van der Waals surface area contributed by atoms with Gasteiger partial charge in [0, 0.05) is 25.2 Å². The van der Waals surface area contributed by atoms with E-state index in [1.54, 1.807) is 12.1 Å². The largest absolute Gasteiger partial charge is 0.490 e. The summed E-state index contributed by atoms with van der Waals surface area (Å²) in [6, 6.07) is 4.88. The Labute approximate surface area is 101 Å². The Morgan fingerprint density at radius 1 is 1.41 bits per heavy atom. The van der Waals surface area contributed by atoms with E-state index in [0.717, 1.165) is 25.9 Å². The van der Waals surface area contributed by atoms with Crippen molar-refractivity contribution in [2.75, 3.05) is 20.1 Å². The van der Waals surface area contributed by atoms with Crippen molar-refractivity contribution < 1.29 is 9.13 Å². The number of likely N-dealkylation sites (tertiary alicyclic amines) is 1. The Hall–Kier alpha value is -1.13. The molecule has 4 heteroatoms. The number of hydrogen-bond acceptors (Lipinski definition) is 3. The highest BCUT2D eigenvalue weighted by Gasteiger charge is 2.19. The molecule has 0 amide bonds. The maximum Gasteiger partial charge on any atom is 0.131 e. The molecule has 3 nitrogen and oxygen atoms in total. The molecule has 1 heterocycles. The standard InChI is InChI=1S/C13H19FN2O/c1-16-7-5-10(6-8-16)17-13-4-2-3-12(14)11(13)9-15/h2-4,10H,5-9,15H2,1H3. The van der Waals surface area contributed by atoms with Crippen LogP contribution in [0.3, 0.4) is 0 Å². The van der Waals surface area contributed by atoms with E-state index in [4.69, 9.17) is 10.5 Å². The van der Waals surface area contributed by atoms with E-state index < -0.39 is 0 Å². The quantitative estimate of drug-likeness (QED) is 0.872. The lowest BCUT2D eigenvalue weighted by atomic mass is 10.1. The first-order valence-electron chi connectivity index (χ1n) is 6.03. The monoisotopic (exact) mass is 238 g/mol. The summed E-state index contributed by atoms with van der Waals surface area (Å²) in [6.07, 6.45) is 2.15. The Bertz CT molecular complexity index is 376. The predicted octanol–water partition coefficient (Wildman–Crippen LogP) is 1.76. The van der Waals surface area contributed by atoms with Gasteiger partial charge in [-0.3, -0.25) is 0 Å². The van der Waals surface area contributed by atoms with Crippen molar-refractivity contribution in [3.63, 3.8) is 0 Å². The first-order chi connectivity index (χ1) is 8.20. The second-order valence-electron chi connectivity index (χ2n) is 4.54. The molecule has 0 radical (unpaired) electrons. The highest BCUT2D eigenvalue weighted by Crippen LogP contribution is 2.24. The number of rotatable bonds is 3. The van der Waals surface area contributed by atoms with Crippen molar-refractivity contribution in [2.45, 2.75) is 25.5 Å². The van der Waals surface area contributed by atoms with E-state index >= 15 is 0 Å². The molecule has 0 saturated carbocycles. The molecule has 0 unspecified atom stereocenters. The van der Waals surface area contributed by atoms with Gasteiger partial charge in [0.25, 0.3) is 0 Å². The van der Waals surface area contributed by atoms with Gasteiger partial charge in [-0.1, -0.05) is 6.07 Å². The molecule has 0 spiro atoms. The summed E-state index contributed by atoms with van der Waals surface area (Å²) in [5.74, 6) is 0.319. The molecule has 0 aromatic heterocycles. The molecule has 2 N–H and O–H groups in total. The van der Waals surface area contributed by atoms with E-state index in [2.05, 4.69) is 11.9 Å². The third kappa shape index (κ3) is 2.96. The zero-order valence-electron chi connectivity index (χ0n) is 10.2. The van der Waals surface area contributed by atoms with Crippen molar-refractivity contribution in [1.82, 2.24) is 4.90 Å². The second kappa shape index (κ2) is 5.47. The molecule has 1 aromatic rings. The minimum Gasteiger partial charge on any atom is -0.490 e. The SMILES string of the molecule is CN1CCC(Oc2cccc(F)c2CN)CC1. The summed E-state index contributed by atoms with van der Waals surface area (Å²) in [6.45, 7) is 2.23. The smallest absolute Gasteiger partial charge is 0.131 e. The summed E-state index contributed by atoms with van der Waals surface area (Å²) >= 11 is 0. The molecular formula is C13H19FN2O. The van der Waals surface area contributed by atoms with E-state index in [9.17, 15) is 4.39 Å². The molecule has 17 heavy (non-hydrogen) atoms. The van der Waals surface area contributed by atoms with Crippen LogP contribution in [0.1, 0.15) is 18.4 Å². The summed E-state index contributed by atoms with van der Waals surface area (Å²) in [5.41, 5.74) is 6.03. The average Bonchev–Trinajstić information content (AvgIpc) is 2.32. The van der Waals surface area contributed by atoms with Gasteiger partial charge in [0.05, 0.1) is 0 Å².